The third kappa shape index (κ3) is 3.27. The number of ether oxygens (including phenoxy) is 1. The van der Waals surface area contributed by atoms with Crippen LogP contribution in [-0.2, 0) is 4.79 Å². The number of carbonyl (C=O) groups excluding carboxylic acids is 2. The van der Waals surface area contributed by atoms with Gasteiger partial charge in [0.2, 0.25) is 11.8 Å². The van der Waals surface area contributed by atoms with Gasteiger partial charge in [-0.15, -0.1) is 0 Å². The SMILES string of the molecule is COc1ccc(C(N)=O)cc1NC(=O)[C@@H]1CCCNC1. The third-order valence-corrected chi connectivity index (χ3v) is 3.41. The van der Waals surface area contributed by atoms with Gasteiger partial charge in [-0.05, 0) is 37.6 Å². The first-order valence-electron chi connectivity index (χ1n) is 6.61. The maximum atomic E-state index is 12.2. The first kappa shape index (κ1) is 14.3. The number of methoxy groups -OCH3 is 1. The number of carbonyl (C=O) groups is 2. The molecule has 1 saturated heterocycles. The zero-order valence-electron chi connectivity index (χ0n) is 11.4. The number of hydrogen-bond donors (Lipinski definition) is 3. The Kier molecular flexibility index (Phi) is 4.57. The molecule has 108 valence electrons. The number of anilines is 1. The number of nitrogens with two attached hydrogens (primary N) is 1. The van der Waals surface area contributed by atoms with Crippen molar-refractivity contribution < 1.29 is 14.3 Å². The molecule has 6 nitrogen and oxygen atoms in total. The second-order valence-electron chi connectivity index (χ2n) is 4.81. The van der Waals surface area contributed by atoms with E-state index < -0.39 is 5.91 Å². The molecule has 0 radical (unpaired) electrons. The van der Waals surface area contributed by atoms with E-state index in [-0.39, 0.29) is 11.8 Å². The van der Waals surface area contributed by atoms with Crippen LogP contribution in [0.1, 0.15) is 23.2 Å². The van der Waals surface area contributed by atoms with E-state index in [0.717, 1.165) is 19.4 Å². The largest absolute Gasteiger partial charge is 0.495 e. The molecule has 4 N–H and O–H groups in total. The number of hydrogen-bond acceptors (Lipinski definition) is 4. The average Bonchev–Trinajstić information content (AvgIpc) is 2.48. The van der Waals surface area contributed by atoms with Crippen LogP contribution < -0.4 is 21.1 Å². The number of nitrogens with one attached hydrogen (secondary N) is 2. The van der Waals surface area contributed by atoms with E-state index in [1.54, 1.807) is 12.1 Å². The lowest BCUT2D eigenvalue weighted by atomic mass is 9.98. The third-order valence-electron chi connectivity index (χ3n) is 3.41. The first-order chi connectivity index (χ1) is 9.61. The maximum absolute atomic E-state index is 12.2. The second kappa shape index (κ2) is 6.38. The highest BCUT2D eigenvalue weighted by atomic mass is 16.5. The maximum Gasteiger partial charge on any atom is 0.248 e. The lowest BCUT2D eigenvalue weighted by Crippen LogP contribution is -2.37. The summed E-state index contributed by atoms with van der Waals surface area (Å²) in [7, 11) is 1.51. The van der Waals surface area contributed by atoms with E-state index in [1.165, 1.54) is 13.2 Å². The van der Waals surface area contributed by atoms with E-state index in [4.69, 9.17) is 10.5 Å². The zero-order valence-corrected chi connectivity index (χ0v) is 11.4. The lowest BCUT2D eigenvalue weighted by molar-refractivity contribution is -0.120. The quantitative estimate of drug-likeness (QED) is 0.756. The van der Waals surface area contributed by atoms with Crippen molar-refractivity contribution in [1.82, 2.24) is 5.32 Å². The number of rotatable bonds is 4. The Bertz CT molecular complexity index is 510. The Morgan fingerprint density at radius 1 is 1.45 bits per heavy atom. The predicted octanol–water partition coefficient (Wildman–Crippen LogP) is 0.732. The van der Waals surface area contributed by atoms with Gasteiger partial charge in [0.05, 0.1) is 18.7 Å². The molecule has 0 aromatic heterocycles. The minimum Gasteiger partial charge on any atom is -0.495 e. The molecule has 1 fully saturated rings. The van der Waals surface area contributed by atoms with Gasteiger partial charge in [0.25, 0.3) is 0 Å². The summed E-state index contributed by atoms with van der Waals surface area (Å²) in [6, 6.07) is 4.73. The van der Waals surface area contributed by atoms with Gasteiger partial charge < -0.3 is 21.1 Å². The van der Waals surface area contributed by atoms with Gasteiger partial charge in [-0.3, -0.25) is 9.59 Å². The van der Waals surface area contributed by atoms with Gasteiger partial charge in [0, 0.05) is 12.1 Å². The number of primary amides is 1. The first-order valence-corrected chi connectivity index (χ1v) is 6.61. The molecular formula is C14H19N3O3. The van der Waals surface area contributed by atoms with E-state index in [9.17, 15) is 9.59 Å². The minimum atomic E-state index is -0.539. The Hall–Kier alpha value is -2.08. The van der Waals surface area contributed by atoms with E-state index in [1.807, 2.05) is 0 Å². The van der Waals surface area contributed by atoms with Crippen molar-refractivity contribution in [3.63, 3.8) is 0 Å². The van der Waals surface area contributed by atoms with Crippen LogP contribution in [-0.4, -0.2) is 32.0 Å². The molecule has 1 heterocycles. The lowest BCUT2D eigenvalue weighted by Gasteiger charge is -2.22. The molecule has 1 aromatic rings. The molecule has 1 atom stereocenters. The highest BCUT2D eigenvalue weighted by molar-refractivity contribution is 5.98. The Labute approximate surface area is 117 Å². The zero-order chi connectivity index (χ0) is 14.5. The molecule has 0 bridgehead atoms. The minimum absolute atomic E-state index is 0.0642. The number of amides is 2. The van der Waals surface area contributed by atoms with E-state index in [0.29, 0.717) is 23.5 Å². The second-order valence-corrected chi connectivity index (χ2v) is 4.81. The smallest absolute Gasteiger partial charge is 0.248 e. The van der Waals surface area contributed by atoms with Crippen LogP contribution in [0.2, 0.25) is 0 Å². The van der Waals surface area contributed by atoms with Gasteiger partial charge in [-0.1, -0.05) is 0 Å². The predicted molar refractivity (Wildman–Crippen MR) is 75.7 cm³/mol. The fourth-order valence-electron chi connectivity index (χ4n) is 2.27. The van der Waals surface area contributed by atoms with Crippen molar-refractivity contribution in [1.29, 1.82) is 0 Å². The van der Waals surface area contributed by atoms with Gasteiger partial charge >= 0.3 is 0 Å². The Balaban J connectivity index is 2.15. The fraction of sp³-hybridized carbons (Fsp3) is 0.429. The van der Waals surface area contributed by atoms with Crippen molar-refractivity contribution in [3.05, 3.63) is 23.8 Å². The summed E-state index contributed by atoms with van der Waals surface area (Å²) in [5.41, 5.74) is 6.05. The van der Waals surface area contributed by atoms with Crippen LogP contribution in [0.25, 0.3) is 0 Å². The van der Waals surface area contributed by atoms with Crippen LogP contribution in [0.4, 0.5) is 5.69 Å². The summed E-state index contributed by atoms with van der Waals surface area (Å²) in [5, 5.41) is 6.01. The standard InChI is InChI=1S/C14H19N3O3/c1-20-12-5-4-9(13(15)18)7-11(12)17-14(19)10-3-2-6-16-8-10/h4-5,7,10,16H,2-3,6,8H2,1H3,(H2,15,18)(H,17,19)/t10-/m1/s1. The highest BCUT2D eigenvalue weighted by Crippen LogP contribution is 2.26. The molecule has 6 heteroatoms. The Morgan fingerprint density at radius 3 is 2.85 bits per heavy atom. The van der Waals surface area contributed by atoms with Crippen molar-refractivity contribution in [2.45, 2.75) is 12.8 Å². The van der Waals surface area contributed by atoms with Gasteiger partial charge in [-0.25, -0.2) is 0 Å². The molecular weight excluding hydrogens is 258 g/mol. The van der Waals surface area contributed by atoms with Crippen molar-refractivity contribution in [3.8, 4) is 5.75 Å². The topological polar surface area (TPSA) is 93.4 Å². The molecule has 1 aliphatic rings. The summed E-state index contributed by atoms with van der Waals surface area (Å²) >= 11 is 0. The van der Waals surface area contributed by atoms with Crippen LogP contribution in [0.15, 0.2) is 18.2 Å². The highest BCUT2D eigenvalue weighted by Gasteiger charge is 2.22. The summed E-state index contributed by atoms with van der Waals surface area (Å²) in [6.07, 6.45) is 1.84. The summed E-state index contributed by atoms with van der Waals surface area (Å²) in [6.45, 7) is 1.62. The van der Waals surface area contributed by atoms with E-state index in [2.05, 4.69) is 10.6 Å². The molecule has 2 rings (SSSR count). The van der Waals surface area contributed by atoms with Crippen LogP contribution in [0.3, 0.4) is 0 Å². The van der Waals surface area contributed by atoms with Crippen LogP contribution in [0.5, 0.6) is 5.75 Å². The normalized spacial score (nSPS) is 18.4. The van der Waals surface area contributed by atoms with Crippen molar-refractivity contribution >= 4 is 17.5 Å². The van der Waals surface area contributed by atoms with Crippen LogP contribution >= 0.6 is 0 Å². The molecule has 0 aliphatic carbocycles. The average molecular weight is 277 g/mol. The van der Waals surface area contributed by atoms with Gasteiger partial charge in [0.15, 0.2) is 0 Å². The van der Waals surface area contributed by atoms with Crippen molar-refractivity contribution in [2.75, 3.05) is 25.5 Å². The van der Waals surface area contributed by atoms with Gasteiger partial charge in [0.1, 0.15) is 5.75 Å². The molecule has 0 spiro atoms. The van der Waals surface area contributed by atoms with Crippen molar-refractivity contribution in [2.24, 2.45) is 11.7 Å². The monoisotopic (exact) mass is 277 g/mol. The molecule has 2 amide bonds. The van der Waals surface area contributed by atoms with Gasteiger partial charge in [-0.2, -0.15) is 0 Å². The fourth-order valence-corrected chi connectivity index (χ4v) is 2.27. The Morgan fingerprint density at radius 2 is 2.25 bits per heavy atom. The summed E-state index contributed by atoms with van der Waals surface area (Å²) in [5.74, 6) is -0.169. The van der Waals surface area contributed by atoms with Crippen LogP contribution in [0, 0.1) is 5.92 Å². The molecule has 0 saturated carbocycles. The molecule has 1 aromatic carbocycles. The molecule has 1 aliphatic heterocycles. The molecule has 0 unspecified atom stereocenters. The van der Waals surface area contributed by atoms with E-state index >= 15 is 0 Å². The summed E-state index contributed by atoms with van der Waals surface area (Å²) in [4.78, 5) is 23.4. The molecule has 20 heavy (non-hydrogen) atoms. The number of benzene rings is 1. The summed E-state index contributed by atoms with van der Waals surface area (Å²) < 4.78 is 5.19. The number of piperidine rings is 1.